The van der Waals surface area contributed by atoms with Crippen molar-refractivity contribution in [3.8, 4) is 5.75 Å². The minimum atomic E-state index is -4.93. The summed E-state index contributed by atoms with van der Waals surface area (Å²) in [7, 11) is -4.04. The SMILES string of the molecule is O=S(=O)(NC1CCCCC1)c1ccccc1OC(F)(F)F. The number of halogens is 3. The lowest BCUT2D eigenvalue weighted by atomic mass is 9.96. The maximum absolute atomic E-state index is 12.3. The summed E-state index contributed by atoms with van der Waals surface area (Å²) in [6.07, 6.45) is -0.673. The number of hydrogen-bond donors (Lipinski definition) is 1. The molecule has 0 aromatic heterocycles. The molecule has 0 amide bonds. The molecule has 1 aromatic carbocycles. The highest BCUT2D eigenvalue weighted by atomic mass is 32.2. The molecule has 1 aliphatic rings. The number of hydrogen-bond acceptors (Lipinski definition) is 3. The zero-order valence-electron chi connectivity index (χ0n) is 11.2. The third kappa shape index (κ3) is 4.60. The van der Waals surface area contributed by atoms with E-state index < -0.39 is 27.0 Å². The summed E-state index contributed by atoms with van der Waals surface area (Å²) < 4.78 is 67.7. The highest BCUT2D eigenvalue weighted by molar-refractivity contribution is 7.89. The van der Waals surface area contributed by atoms with Crippen LogP contribution in [-0.4, -0.2) is 20.8 Å². The Morgan fingerprint density at radius 1 is 1.10 bits per heavy atom. The molecule has 1 fully saturated rings. The summed E-state index contributed by atoms with van der Waals surface area (Å²) in [5.41, 5.74) is 0. The van der Waals surface area contributed by atoms with Crippen LogP contribution in [0.5, 0.6) is 5.75 Å². The van der Waals surface area contributed by atoms with E-state index in [-0.39, 0.29) is 6.04 Å². The second-order valence-corrected chi connectivity index (χ2v) is 6.63. The highest BCUT2D eigenvalue weighted by Gasteiger charge is 2.34. The fourth-order valence-corrected chi connectivity index (χ4v) is 3.82. The molecule has 0 spiro atoms. The molecule has 1 N–H and O–H groups in total. The molecule has 0 heterocycles. The fourth-order valence-electron chi connectivity index (χ4n) is 2.38. The van der Waals surface area contributed by atoms with Crippen molar-refractivity contribution in [2.45, 2.75) is 49.4 Å². The number of ether oxygens (including phenoxy) is 1. The summed E-state index contributed by atoms with van der Waals surface area (Å²) in [4.78, 5) is -0.493. The Morgan fingerprint density at radius 3 is 2.33 bits per heavy atom. The molecule has 118 valence electrons. The van der Waals surface area contributed by atoms with E-state index in [1.54, 1.807) is 0 Å². The molecule has 4 nitrogen and oxygen atoms in total. The van der Waals surface area contributed by atoms with Gasteiger partial charge >= 0.3 is 6.36 Å². The predicted octanol–water partition coefficient (Wildman–Crippen LogP) is 3.20. The average molecular weight is 323 g/mol. The average Bonchev–Trinajstić information content (AvgIpc) is 2.38. The van der Waals surface area contributed by atoms with Gasteiger partial charge in [-0.1, -0.05) is 31.4 Å². The van der Waals surface area contributed by atoms with Gasteiger partial charge in [0.1, 0.15) is 10.6 Å². The van der Waals surface area contributed by atoms with Crippen molar-refractivity contribution in [1.29, 1.82) is 0 Å². The van der Waals surface area contributed by atoms with E-state index in [2.05, 4.69) is 9.46 Å². The van der Waals surface area contributed by atoms with E-state index in [1.165, 1.54) is 12.1 Å². The molecule has 1 aliphatic carbocycles. The van der Waals surface area contributed by atoms with Crippen LogP contribution in [0.3, 0.4) is 0 Å². The zero-order chi connectivity index (χ0) is 15.5. The van der Waals surface area contributed by atoms with Crippen LogP contribution in [0.4, 0.5) is 13.2 Å². The number of nitrogens with one attached hydrogen (secondary N) is 1. The van der Waals surface area contributed by atoms with Gasteiger partial charge in [-0.15, -0.1) is 13.2 Å². The fraction of sp³-hybridized carbons (Fsp3) is 0.538. The normalized spacial score (nSPS) is 17.7. The second kappa shape index (κ2) is 6.23. The topological polar surface area (TPSA) is 55.4 Å². The van der Waals surface area contributed by atoms with Gasteiger partial charge in [-0.05, 0) is 25.0 Å². The first kappa shape index (κ1) is 16.1. The molecule has 21 heavy (non-hydrogen) atoms. The van der Waals surface area contributed by atoms with Crippen LogP contribution in [-0.2, 0) is 10.0 Å². The third-order valence-corrected chi connectivity index (χ3v) is 4.85. The van der Waals surface area contributed by atoms with Crippen molar-refractivity contribution in [1.82, 2.24) is 4.72 Å². The standard InChI is InChI=1S/C13H16F3NO3S/c14-13(15,16)20-11-8-4-5-9-12(11)21(18,19)17-10-6-2-1-3-7-10/h4-5,8-10,17H,1-3,6-7H2. The summed E-state index contributed by atoms with van der Waals surface area (Å²) in [5, 5.41) is 0. The van der Waals surface area contributed by atoms with E-state index in [0.717, 1.165) is 31.4 Å². The first-order valence-electron chi connectivity index (χ1n) is 6.65. The van der Waals surface area contributed by atoms with E-state index in [9.17, 15) is 21.6 Å². The third-order valence-electron chi connectivity index (χ3n) is 3.29. The summed E-state index contributed by atoms with van der Waals surface area (Å²) in [6.45, 7) is 0. The van der Waals surface area contributed by atoms with Gasteiger partial charge in [0.15, 0.2) is 0 Å². The summed E-state index contributed by atoms with van der Waals surface area (Å²) in [5.74, 6) is -0.715. The zero-order valence-corrected chi connectivity index (χ0v) is 12.0. The first-order valence-corrected chi connectivity index (χ1v) is 8.13. The Hall–Kier alpha value is -1.28. The maximum Gasteiger partial charge on any atom is 0.573 e. The Morgan fingerprint density at radius 2 is 1.71 bits per heavy atom. The number of para-hydroxylation sites is 1. The van der Waals surface area contributed by atoms with E-state index in [0.29, 0.717) is 12.8 Å². The second-order valence-electron chi connectivity index (χ2n) is 4.95. The summed E-state index contributed by atoms with van der Waals surface area (Å²) in [6, 6.07) is 4.51. The molecule has 2 rings (SSSR count). The van der Waals surface area contributed by atoms with Crippen molar-refractivity contribution < 1.29 is 26.3 Å². The Labute approximate surface area is 121 Å². The van der Waals surface area contributed by atoms with Crippen LogP contribution in [0.1, 0.15) is 32.1 Å². The van der Waals surface area contributed by atoms with Crippen LogP contribution in [0.2, 0.25) is 0 Å². The minimum Gasteiger partial charge on any atom is -0.404 e. The van der Waals surface area contributed by atoms with Gasteiger partial charge in [-0.25, -0.2) is 13.1 Å². The lowest BCUT2D eigenvalue weighted by molar-refractivity contribution is -0.275. The van der Waals surface area contributed by atoms with Gasteiger partial charge in [-0.2, -0.15) is 0 Å². The molecule has 0 radical (unpaired) electrons. The van der Waals surface area contributed by atoms with Gasteiger partial charge < -0.3 is 4.74 Å². The molecule has 1 aromatic rings. The van der Waals surface area contributed by atoms with Crippen molar-refractivity contribution >= 4 is 10.0 Å². The largest absolute Gasteiger partial charge is 0.573 e. The number of benzene rings is 1. The van der Waals surface area contributed by atoms with E-state index in [4.69, 9.17) is 0 Å². The number of sulfonamides is 1. The monoisotopic (exact) mass is 323 g/mol. The van der Waals surface area contributed by atoms with Crippen molar-refractivity contribution in [2.75, 3.05) is 0 Å². The Kier molecular flexibility index (Phi) is 4.77. The molecule has 1 saturated carbocycles. The van der Waals surface area contributed by atoms with Crippen molar-refractivity contribution in [3.05, 3.63) is 24.3 Å². The maximum atomic E-state index is 12.3. The van der Waals surface area contributed by atoms with Gasteiger partial charge in [0, 0.05) is 6.04 Å². The van der Waals surface area contributed by atoms with Gasteiger partial charge in [-0.3, -0.25) is 0 Å². The van der Waals surface area contributed by atoms with E-state index >= 15 is 0 Å². The van der Waals surface area contributed by atoms with Crippen LogP contribution >= 0.6 is 0 Å². The van der Waals surface area contributed by atoms with Crippen molar-refractivity contribution in [3.63, 3.8) is 0 Å². The summed E-state index contributed by atoms with van der Waals surface area (Å²) >= 11 is 0. The molecule has 0 atom stereocenters. The molecule has 8 heteroatoms. The van der Waals surface area contributed by atoms with Crippen LogP contribution in [0.25, 0.3) is 0 Å². The number of alkyl halides is 3. The molecular weight excluding hydrogens is 307 g/mol. The van der Waals surface area contributed by atoms with Gasteiger partial charge in [0.25, 0.3) is 0 Å². The quantitative estimate of drug-likeness (QED) is 0.926. The molecule has 0 aliphatic heterocycles. The van der Waals surface area contributed by atoms with Crippen molar-refractivity contribution in [2.24, 2.45) is 0 Å². The molecule has 0 saturated heterocycles. The van der Waals surface area contributed by atoms with Crippen LogP contribution in [0.15, 0.2) is 29.2 Å². The first-order chi connectivity index (χ1) is 9.78. The van der Waals surface area contributed by atoms with Crippen LogP contribution in [0, 0.1) is 0 Å². The smallest absolute Gasteiger partial charge is 0.404 e. The molecule has 0 unspecified atom stereocenters. The Balaban J connectivity index is 2.23. The highest BCUT2D eigenvalue weighted by Crippen LogP contribution is 2.30. The molecular formula is C13H16F3NO3S. The van der Waals surface area contributed by atoms with Gasteiger partial charge in [0.05, 0.1) is 0 Å². The predicted molar refractivity (Wildman–Crippen MR) is 70.3 cm³/mol. The Bertz CT molecular complexity index is 581. The lowest BCUT2D eigenvalue weighted by Gasteiger charge is -2.23. The van der Waals surface area contributed by atoms with E-state index in [1.807, 2.05) is 0 Å². The molecule has 0 bridgehead atoms. The van der Waals surface area contributed by atoms with Crippen LogP contribution < -0.4 is 9.46 Å². The minimum absolute atomic E-state index is 0.234. The number of rotatable bonds is 4. The lowest BCUT2D eigenvalue weighted by Crippen LogP contribution is -2.36. The van der Waals surface area contributed by atoms with Gasteiger partial charge in [0.2, 0.25) is 10.0 Å².